The standard InChI is InChI=1S/C17H20ClN3O/c1-12(19-11-13-5-3-2-4-6-13)16-20-17(22-21-16)14-7-9-15(18)10-8-14/h2-3,7-10,12-13,19H,4-6,11H2,1H3. The van der Waals surface area contributed by atoms with Crippen LogP contribution in [0.3, 0.4) is 0 Å². The second-order valence-electron chi connectivity index (χ2n) is 5.75. The number of hydrogen-bond donors (Lipinski definition) is 1. The largest absolute Gasteiger partial charge is 0.334 e. The minimum Gasteiger partial charge on any atom is -0.334 e. The average Bonchev–Trinajstić information content (AvgIpc) is 3.04. The highest BCUT2D eigenvalue weighted by molar-refractivity contribution is 6.30. The van der Waals surface area contributed by atoms with Gasteiger partial charge in [-0.2, -0.15) is 4.98 Å². The second-order valence-corrected chi connectivity index (χ2v) is 6.18. The third kappa shape index (κ3) is 3.76. The fraction of sp³-hybridized carbons (Fsp3) is 0.412. The van der Waals surface area contributed by atoms with Gasteiger partial charge in [0.2, 0.25) is 0 Å². The number of nitrogens with zero attached hydrogens (tertiary/aromatic N) is 2. The van der Waals surface area contributed by atoms with E-state index in [1.54, 1.807) is 0 Å². The van der Waals surface area contributed by atoms with Crippen molar-refractivity contribution in [2.24, 2.45) is 5.92 Å². The Morgan fingerprint density at radius 2 is 2.14 bits per heavy atom. The van der Waals surface area contributed by atoms with E-state index < -0.39 is 0 Å². The van der Waals surface area contributed by atoms with Crippen LogP contribution in [0.4, 0.5) is 0 Å². The molecule has 3 rings (SSSR count). The predicted octanol–water partition coefficient (Wildman–Crippen LogP) is 4.40. The van der Waals surface area contributed by atoms with Crippen molar-refractivity contribution in [3.8, 4) is 11.5 Å². The molecule has 0 radical (unpaired) electrons. The first-order chi connectivity index (χ1) is 10.7. The van der Waals surface area contributed by atoms with Gasteiger partial charge in [0.15, 0.2) is 5.82 Å². The predicted molar refractivity (Wildman–Crippen MR) is 87.6 cm³/mol. The van der Waals surface area contributed by atoms with Crippen LogP contribution in [0, 0.1) is 5.92 Å². The van der Waals surface area contributed by atoms with Crippen LogP contribution in [0.25, 0.3) is 11.5 Å². The van der Waals surface area contributed by atoms with Gasteiger partial charge < -0.3 is 9.84 Å². The zero-order valence-corrected chi connectivity index (χ0v) is 13.4. The van der Waals surface area contributed by atoms with E-state index in [4.69, 9.17) is 16.1 Å². The fourth-order valence-corrected chi connectivity index (χ4v) is 2.72. The molecule has 2 aromatic rings. The summed E-state index contributed by atoms with van der Waals surface area (Å²) in [5.41, 5.74) is 0.882. The number of nitrogens with one attached hydrogen (secondary N) is 1. The molecule has 0 amide bonds. The molecule has 5 heteroatoms. The molecule has 1 aliphatic carbocycles. The summed E-state index contributed by atoms with van der Waals surface area (Å²) in [5.74, 6) is 1.92. The molecule has 0 bridgehead atoms. The smallest absolute Gasteiger partial charge is 0.257 e. The van der Waals surface area contributed by atoms with E-state index in [9.17, 15) is 0 Å². The van der Waals surface area contributed by atoms with Crippen molar-refractivity contribution in [2.45, 2.75) is 32.2 Å². The normalized spacial score (nSPS) is 19.3. The van der Waals surface area contributed by atoms with Crippen molar-refractivity contribution in [1.82, 2.24) is 15.5 Å². The highest BCUT2D eigenvalue weighted by Crippen LogP contribution is 2.22. The van der Waals surface area contributed by atoms with Crippen LogP contribution in [-0.4, -0.2) is 16.7 Å². The van der Waals surface area contributed by atoms with Crippen LogP contribution in [0.15, 0.2) is 40.9 Å². The molecule has 4 nitrogen and oxygen atoms in total. The topological polar surface area (TPSA) is 51.0 Å². The molecule has 0 fully saturated rings. The van der Waals surface area contributed by atoms with E-state index >= 15 is 0 Å². The maximum Gasteiger partial charge on any atom is 0.257 e. The number of aromatic nitrogens is 2. The minimum atomic E-state index is 0.0794. The van der Waals surface area contributed by atoms with Crippen molar-refractivity contribution in [2.75, 3.05) is 6.54 Å². The zero-order chi connectivity index (χ0) is 15.4. The minimum absolute atomic E-state index is 0.0794. The van der Waals surface area contributed by atoms with Gasteiger partial charge in [0, 0.05) is 10.6 Å². The first-order valence-corrected chi connectivity index (χ1v) is 8.08. The first kappa shape index (κ1) is 15.3. The Morgan fingerprint density at radius 1 is 1.32 bits per heavy atom. The van der Waals surface area contributed by atoms with E-state index in [0.717, 1.165) is 18.5 Å². The van der Waals surface area contributed by atoms with Crippen molar-refractivity contribution < 1.29 is 4.52 Å². The van der Waals surface area contributed by atoms with Gasteiger partial charge in [0.05, 0.1) is 6.04 Å². The van der Waals surface area contributed by atoms with Crippen LogP contribution < -0.4 is 5.32 Å². The lowest BCUT2D eigenvalue weighted by Gasteiger charge is -2.20. The third-order valence-electron chi connectivity index (χ3n) is 4.01. The van der Waals surface area contributed by atoms with Crippen molar-refractivity contribution in [3.05, 3.63) is 47.3 Å². The molecule has 0 aliphatic heterocycles. The highest BCUT2D eigenvalue weighted by Gasteiger charge is 2.17. The van der Waals surface area contributed by atoms with Gasteiger partial charge in [0.1, 0.15) is 0 Å². The van der Waals surface area contributed by atoms with Gasteiger partial charge in [-0.05, 0) is 62.9 Å². The molecule has 0 saturated carbocycles. The number of halogens is 1. The van der Waals surface area contributed by atoms with Crippen LogP contribution >= 0.6 is 11.6 Å². The van der Waals surface area contributed by atoms with E-state index in [0.29, 0.717) is 22.7 Å². The van der Waals surface area contributed by atoms with Crippen LogP contribution in [0.1, 0.15) is 38.1 Å². The molecule has 0 spiro atoms. The van der Waals surface area contributed by atoms with E-state index in [2.05, 4.69) is 34.5 Å². The Labute approximate surface area is 135 Å². The Balaban J connectivity index is 1.60. The van der Waals surface area contributed by atoms with Crippen molar-refractivity contribution >= 4 is 11.6 Å². The molecule has 2 atom stereocenters. The molecule has 1 heterocycles. The highest BCUT2D eigenvalue weighted by atomic mass is 35.5. The van der Waals surface area contributed by atoms with E-state index in [1.807, 2.05) is 24.3 Å². The molecule has 1 aliphatic rings. The second kappa shape index (κ2) is 7.07. The van der Waals surface area contributed by atoms with E-state index in [1.165, 1.54) is 12.8 Å². The number of allylic oxidation sites excluding steroid dienone is 2. The summed E-state index contributed by atoms with van der Waals surface area (Å²) in [7, 11) is 0. The van der Waals surface area contributed by atoms with Crippen LogP contribution in [0.5, 0.6) is 0 Å². The monoisotopic (exact) mass is 317 g/mol. The van der Waals surface area contributed by atoms with Crippen molar-refractivity contribution in [3.63, 3.8) is 0 Å². The number of rotatable bonds is 5. The van der Waals surface area contributed by atoms with Gasteiger partial charge in [-0.1, -0.05) is 28.9 Å². The molecule has 22 heavy (non-hydrogen) atoms. The first-order valence-electron chi connectivity index (χ1n) is 7.70. The van der Waals surface area contributed by atoms with Crippen LogP contribution in [-0.2, 0) is 0 Å². The summed E-state index contributed by atoms with van der Waals surface area (Å²) >= 11 is 5.89. The molecule has 1 N–H and O–H groups in total. The van der Waals surface area contributed by atoms with Crippen LogP contribution in [0.2, 0.25) is 5.02 Å². The summed E-state index contributed by atoms with van der Waals surface area (Å²) in [6.07, 6.45) is 8.12. The fourth-order valence-electron chi connectivity index (χ4n) is 2.60. The Hall–Kier alpha value is -1.65. The van der Waals surface area contributed by atoms with Crippen molar-refractivity contribution in [1.29, 1.82) is 0 Å². The Bertz CT molecular complexity index is 636. The third-order valence-corrected chi connectivity index (χ3v) is 4.26. The average molecular weight is 318 g/mol. The zero-order valence-electron chi connectivity index (χ0n) is 12.6. The summed E-state index contributed by atoms with van der Waals surface area (Å²) in [6, 6.07) is 7.48. The molecule has 1 aromatic carbocycles. The molecule has 0 saturated heterocycles. The number of hydrogen-bond acceptors (Lipinski definition) is 4. The molecule has 116 valence electrons. The molecular formula is C17H20ClN3O. The molecule has 2 unspecified atom stereocenters. The SMILES string of the molecule is CC(NCC1CC=CCC1)c1noc(-c2ccc(Cl)cc2)n1. The van der Waals surface area contributed by atoms with Gasteiger partial charge in [-0.25, -0.2) is 0 Å². The van der Waals surface area contributed by atoms with Gasteiger partial charge in [-0.15, -0.1) is 0 Å². The Kier molecular flexibility index (Phi) is 4.90. The van der Waals surface area contributed by atoms with Gasteiger partial charge in [-0.3, -0.25) is 0 Å². The lowest BCUT2D eigenvalue weighted by atomic mass is 9.94. The summed E-state index contributed by atoms with van der Waals surface area (Å²) in [5, 5.41) is 8.28. The Morgan fingerprint density at radius 3 is 2.86 bits per heavy atom. The molecular weight excluding hydrogens is 298 g/mol. The molecule has 1 aromatic heterocycles. The number of benzene rings is 1. The summed E-state index contributed by atoms with van der Waals surface area (Å²) < 4.78 is 5.35. The van der Waals surface area contributed by atoms with Gasteiger partial charge >= 0.3 is 0 Å². The summed E-state index contributed by atoms with van der Waals surface area (Å²) in [4.78, 5) is 4.48. The maximum atomic E-state index is 5.89. The quantitative estimate of drug-likeness (QED) is 0.831. The van der Waals surface area contributed by atoms with E-state index in [-0.39, 0.29) is 6.04 Å². The van der Waals surface area contributed by atoms with Gasteiger partial charge in [0.25, 0.3) is 5.89 Å². The lowest BCUT2D eigenvalue weighted by molar-refractivity contribution is 0.386. The summed E-state index contributed by atoms with van der Waals surface area (Å²) in [6.45, 7) is 3.05. The lowest BCUT2D eigenvalue weighted by Crippen LogP contribution is -2.26. The maximum absolute atomic E-state index is 5.89.